The summed E-state index contributed by atoms with van der Waals surface area (Å²) in [5, 5.41) is 0. The van der Waals surface area contributed by atoms with Gasteiger partial charge in [-0.1, -0.05) is 49.2 Å². The molecule has 0 radical (unpaired) electrons. The van der Waals surface area contributed by atoms with Crippen LogP contribution in [0.4, 0.5) is 13.2 Å². The highest BCUT2D eigenvalue weighted by molar-refractivity contribution is 7.99. The number of aryl methyl sites for hydroxylation is 1. The summed E-state index contributed by atoms with van der Waals surface area (Å²) in [5.41, 5.74) is 3.46. The predicted octanol–water partition coefficient (Wildman–Crippen LogP) is 7.73. The lowest BCUT2D eigenvalue weighted by atomic mass is 9.73. The lowest BCUT2D eigenvalue weighted by molar-refractivity contribution is -0.137. The molecule has 0 amide bonds. The van der Waals surface area contributed by atoms with Crippen LogP contribution in [-0.4, -0.2) is 17.3 Å². The molecule has 1 aliphatic rings. The average molecular weight is 521 g/mol. The summed E-state index contributed by atoms with van der Waals surface area (Å²) in [4.78, 5) is 27.3. The first kappa shape index (κ1) is 26.8. The highest BCUT2D eigenvalue weighted by Crippen LogP contribution is 2.38. The zero-order chi connectivity index (χ0) is 26.6. The van der Waals surface area contributed by atoms with Gasteiger partial charge in [-0.3, -0.25) is 9.59 Å². The summed E-state index contributed by atoms with van der Waals surface area (Å²) in [6.45, 7) is 1.99. The van der Waals surface area contributed by atoms with Gasteiger partial charge in [-0.2, -0.15) is 13.2 Å². The Morgan fingerprint density at radius 1 is 0.946 bits per heavy atom. The van der Waals surface area contributed by atoms with Crippen molar-refractivity contribution in [2.45, 2.75) is 49.6 Å². The molecule has 0 aromatic heterocycles. The van der Waals surface area contributed by atoms with E-state index in [4.69, 9.17) is 6.42 Å². The largest absolute Gasteiger partial charge is 0.416 e. The Morgan fingerprint density at radius 3 is 2.16 bits per heavy atom. The van der Waals surface area contributed by atoms with Crippen LogP contribution >= 0.6 is 11.8 Å². The van der Waals surface area contributed by atoms with Crippen LogP contribution in [0.25, 0.3) is 11.1 Å². The zero-order valence-corrected chi connectivity index (χ0v) is 21.3. The lowest BCUT2D eigenvalue weighted by Crippen LogP contribution is -2.33. The monoisotopic (exact) mass is 520 g/mol. The maximum Gasteiger partial charge on any atom is 0.416 e. The number of alkyl halides is 3. The van der Waals surface area contributed by atoms with Gasteiger partial charge in [0.15, 0.2) is 0 Å². The van der Waals surface area contributed by atoms with Gasteiger partial charge in [-0.05, 0) is 77.1 Å². The highest BCUT2D eigenvalue weighted by Gasteiger charge is 2.38. The zero-order valence-electron chi connectivity index (χ0n) is 20.5. The summed E-state index contributed by atoms with van der Waals surface area (Å²) in [7, 11) is 0. The van der Waals surface area contributed by atoms with Crippen LogP contribution in [0.15, 0.2) is 71.6 Å². The Hall–Kier alpha value is -3.30. The number of terminal acetylenes is 1. The van der Waals surface area contributed by atoms with Crippen molar-refractivity contribution in [1.29, 1.82) is 0 Å². The van der Waals surface area contributed by atoms with Crippen molar-refractivity contribution in [3.63, 3.8) is 0 Å². The van der Waals surface area contributed by atoms with Crippen LogP contribution in [0.2, 0.25) is 0 Å². The summed E-state index contributed by atoms with van der Waals surface area (Å²) >= 11 is 1.43. The van der Waals surface area contributed by atoms with Crippen molar-refractivity contribution >= 4 is 23.3 Å². The fourth-order valence-electron chi connectivity index (χ4n) is 4.93. The number of rotatable bonds is 7. The first-order valence-electron chi connectivity index (χ1n) is 12.3. The Labute approximate surface area is 219 Å². The number of Topliss-reactive ketones (excluding diaryl/α,β-unsaturated/α-hetero) is 2. The molecule has 0 spiro atoms. The fourth-order valence-corrected chi connectivity index (χ4v) is 5.95. The molecular weight excluding hydrogens is 493 g/mol. The second kappa shape index (κ2) is 11.4. The Morgan fingerprint density at radius 2 is 1.59 bits per heavy atom. The highest BCUT2D eigenvalue weighted by atomic mass is 32.2. The maximum absolute atomic E-state index is 13.3. The SMILES string of the molecule is C#Cc1cc(-c2ccccc2)cc(CC)c1C1C(=O)CC(CCSc2ccc(C(F)(F)F)cc2)CC1=O. The molecule has 4 rings (SSSR count). The van der Waals surface area contributed by atoms with Gasteiger partial charge >= 0.3 is 6.18 Å². The van der Waals surface area contributed by atoms with Crippen molar-refractivity contribution in [2.75, 3.05) is 5.75 Å². The third-order valence-corrected chi connectivity index (χ3v) is 7.84. The van der Waals surface area contributed by atoms with E-state index in [2.05, 4.69) is 5.92 Å². The minimum absolute atomic E-state index is 0.0823. The number of carbonyl (C=O) groups is 2. The molecule has 2 nitrogen and oxygen atoms in total. The number of ketones is 2. The van der Waals surface area contributed by atoms with Gasteiger partial charge in [0.05, 0.1) is 5.56 Å². The van der Waals surface area contributed by atoms with Gasteiger partial charge in [0.1, 0.15) is 17.5 Å². The molecule has 190 valence electrons. The smallest absolute Gasteiger partial charge is 0.299 e. The third kappa shape index (κ3) is 6.17. The van der Waals surface area contributed by atoms with E-state index in [0.717, 1.165) is 33.7 Å². The number of hydrogen-bond donors (Lipinski definition) is 0. The molecule has 37 heavy (non-hydrogen) atoms. The van der Waals surface area contributed by atoms with Gasteiger partial charge in [-0.15, -0.1) is 18.2 Å². The minimum Gasteiger partial charge on any atom is -0.299 e. The third-order valence-electron chi connectivity index (χ3n) is 6.80. The topological polar surface area (TPSA) is 34.1 Å². The van der Waals surface area contributed by atoms with Gasteiger partial charge in [0, 0.05) is 23.3 Å². The van der Waals surface area contributed by atoms with E-state index < -0.39 is 17.7 Å². The number of halogens is 3. The van der Waals surface area contributed by atoms with Crippen LogP contribution in [0.3, 0.4) is 0 Å². The van der Waals surface area contributed by atoms with Gasteiger partial charge in [0.25, 0.3) is 0 Å². The molecule has 6 heteroatoms. The predicted molar refractivity (Wildman–Crippen MR) is 141 cm³/mol. The molecule has 0 bridgehead atoms. The lowest BCUT2D eigenvalue weighted by Gasteiger charge is -2.29. The Kier molecular flexibility index (Phi) is 8.24. The molecule has 0 N–H and O–H groups in total. The molecule has 0 unspecified atom stereocenters. The normalized spacial score (nSPS) is 18.0. The van der Waals surface area contributed by atoms with Crippen molar-refractivity contribution < 1.29 is 22.8 Å². The summed E-state index contributed by atoms with van der Waals surface area (Å²) < 4.78 is 38.3. The minimum atomic E-state index is -4.36. The standard InChI is InChI=1S/C31H27F3O2S/c1-3-21-18-24(23-8-6-5-7-9-23)19-22(4-2)29(21)30-27(35)16-20(17-28(30)36)14-15-37-26-12-10-25(11-13-26)31(32,33)34/h1,5-13,18-20,30H,4,14-17H2,2H3. The Balaban J connectivity index is 1.46. The van der Waals surface area contributed by atoms with E-state index in [0.29, 0.717) is 29.7 Å². The molecule has 1 fully saturated rings. The summed E-state index contributed by atoms with van der Waals surface area (Å²) in [5.74, 6) is 2.18. The molecule has 3 aromatic carbocycles. The molecule has 0 heterocycles. The van der Waals surface area contributed by atoms with Gasteiger partial charge in [-0.25, -0.2) is 0 Å². The average Bonchev–Trinajstić information content (AvgIpc) is 2.88. The molecule has 1 aliphatic carbocycles. The fraction of sp³-hybridized carbons (Fsp3) is 0.290. The molecule has 0 aliphatic heterocycles. The number of hydrogen-bond acceptors (Lipinski definition) is 3. The maximum atomic E-state index is 13.3. The number of thioether (sulfide) groups is 1. The van der Waals surface area contributed by atoms with E-state index in [-0.39, 0.29) is 30.3 Å². The second-order valence-corrected chi connectivity index (χ2v) is 10.4. The van der Waals surface area contributed by atoms with E-state index in [1.807, 2.05) is 49.4 Å². The van der Waals surface area contributed by atoms with Crippen LogP contribution in [0.5, 0.6) is 0 Å². The number of carbonyl (C=O) groups excluding carboxylic acids is 2. The molecular formula is C31H27F3O2S. The molecule has 1 saturated carbocycles. The van der Waals surface area contributed by atoms with Gasteiger partial charge in [0.2, 0.25) is 0 Å². The van der Waals surface area contributed by atoms with E-state index in [9.17, 15) is 22.8 Å². The van der Waals surface area contributed by atoms with Crippen LogP contribution in [0.1, 0.15) is 54.4 Å². The Bertz CT molecular complexity index is 1300. The van der Waals surface area contributed by atoms with Crippen molar-refractivity contribution in [1.82, 2.24) is 0 Å². The van der Waals surface area contributed by atoms with Crippen LogP contribution < -0.4 is 0 Å². The van der Waals surface area contributed by atoms with Crippen LogP contribution in [-0.2, 0) is 22.2 Å². The van der Waals surface area contributed by atoms with Crippen molar-refractivity contribution in [2.24, 2.45) is 5.92 Å². The summed E-state index contributed by atoms with van der Waals surface area (Å²) in [6.07, 6.45) is 3.36. The first-order valence-corrected chi connectivity index (χ1v) is 13.2. The first-order chi connectivity index (χ1) is 17.7. The van der Waals surface area contributed by atoms with Crippen molar-refractivity contribution in [3.8, 4) is 23.5 Å². The molecule has 3 aromatic rings. The van der Waals surface area contributed by atoms with E-state index in [1.165, 1.54) is 23.9 Å². The van der Waals surface area contributed by atoms with Crippen LogP contribution in [0, 0.1) is 18.3 Å². The quantitative estimate of drug-likeness (QED) is 0.182. The molecule has 0 atom stereocenters. The summed E-state index contributed by atoms with van der Waals surface area (Å²) in [6, 6.07) is 18.8. The van der Waals surface area contributed by atoms with Gasteiger partial charge < -0.3 is 0 Å². The van der Waals surface area contributed by atoms with Crippen molar-refractivity contribution in [3.05, 3.63) is 89.0 Å². The number of benzene rings is 3. The molecule has 0 saturated heterocycles. The van der Waals surface area contributed by atoms with E-state index >= 15 is 0 Å². The second-order valence-electron chi connectivity index (χ2n) is 9.26. The van der Waals surface area contributed by atoms with E-state index in [1.54, 1.807) is 0 Å².